The van der Waals surface area contributed by atoms with Crippen molar-refractivity contribution in [3.8, 4) is 6.07 Å². The van der Waals surface area contributed by atoms with Crippen molar-refractivity contribution in [2.24, 2.45) is 0 Å². The summed E-state index contributed by atoms with van der Waals surface area (Å²) in [5.74, 6) is -0.451. The molecule has 3 rings (SSSR count). The van der Waals surface area contributed by atoms with E-state index in [-0.39, 0.29) is 5.56 Å². The number of hydrogen-bond donors (Lipinski definition) is 0. The SMILES string of the molecule is N#Cc1c(F)cccc1N1CCN(Cc2cnns2)CC1. The number of rotatable bonds is 3. The molecule has 0 amide bonds. The first kappa shape index (κ1) is 13.9. The normalized spacial score (nSPS) is 15.9. The molecule has 5 nitrogen and oxygen atoms in total. The summed E-state index contributed by atoms with van der Waals surface area (Å²) >= 11 is 1.41. The lowest BCUT2D eigenvalue weighted by atomic mass is 10.1. The van der Waals surface area contributed by atoms with Crippen molar-refractivity contribution >= 4 is 17.2 Å². The molecule has 0 saturated carbocycles. The maximum Gasteiger partial charge on any atom is 0.143 e. The van der Waals surface area contributed by atoms with Crippen LogP contribution in [-0.4, -0.2) is 40.7 Å². The maximum absolute atomic E-state index is 13.7. The Kier molecular flexibility index (Phi) is 4.08. The van der Waals surface area contributed by atoms with Crippen LogP contribution in [0, 0.1) is 17.1 Å². The zero-order valence-electron chi connectivity index (χ0n) is 11.4. The van der Waals surface area contributed by atoms with Crippen LogP contribution in [0.1, 0.15) is 10.4 Å². The maximum atomic E-state index is 13.7. The lowest BCUT2D eigenvalue weighted by molar-refractivity contribution is 0.251. The number of hydrogen-bond acceptors (Lipinski definition) is 6. The number of benzene rings is 1. The molecule has 2 aromatic rings. The molecule has 0 aliphatic carbocycles. The zero-order valence-corrected chi connectivity index (χ0v) is 12.2. The number of anilines is 1. The minimum absolute atomic E-state index is 0.137. The summed E-state index contributed by atoms with van der Waals surface area (Å²) in [6.07, 6.45) is 1.79. The van der Waals surface area contributed by atoms with E-state index in [4.69, 9.17) is 5.26 Å². The van der Waals surface area contributed by atoms with Gasteiger partial charge in [-0.05, 0) is 23.7 Å². The van der Waals surface area contributed by atoms with E-state index in [1.807, 2.05) is 12.1 Å². The van der Waals surface area contributed by atoms with Gasteiger partial charge in [0.15, 0.2) is 0 Å². The van der Waals surface area contributed by atoms with Crippen molar-refractivity contribution in [2.45, 2.75) is 6.54 Å². The van der Waals surface area contributed by atoms with Gasteiger partial charge in [0.1, 0.15) is 17.4 Å². The molecule has 7 heteroatoms. The molecule has 0 atom stereocenters. The van der Waals surface area contributed by atoms with E-state index < -0.39 is 5.82 Å². The molecule has 1 aromatic heterocycles. The van der Waals surface area contributed by atoms with E-state index in [1.165, 1.54) is 17.6 Å². The third kappa shape index (κ3) is 3.01. The van der Waals surface area contributed by atoms with E-state index in [1.54, 1.807) is 12.3 Å². The first-order valence-corrected chi connectivity index (χ1v) is 7.47. The smallest absolute Gasteiger partial charge is 0.143 e. The lowest BCUT2D eigenvalue weighted by Gasteiger charge is -2.36. The quantitative estimate of drug-likeness (QED) is 0.866. The highest BCUT2D eigenvalue weighted by atomic mass is 32.1. The van der Waals surface area contributed by atoms with Crippen molar-refractivity contribution < 1.29 is 4.39 Å². The first-order valence-electron chi connectivity index (χ1n) is 6.70. The second-order valence-corrected chi connectivity index (χ2v) is 5.76. The van der Waals surface area contributed by atoms with Crippen LogP contribution in [-0.2, 0) is 6.54 Å². The van der Waals surface area contributed by atoms with Gasteiger partial charge in [-0.2, -0.15) is 5.26 Å². The van der Waals surface area contributed by atoms with Gasteiger partial charge in [0.25, 0.3) is 0 Å². The zero-order chi connectivity index (χ0) is 14.7. The lowest BCUT2D eigenvalue weighted by Crippen LogP contribution is -2.46. The molecule has 1 aliphatic rings. The fourth-order valence-electron chi connectivity index (χ4n) is 2.51. The van der Waals surface area contributed by atoms with E-state index in [9.17, 15) is 4.39 Å². The fraction of sp³-hybridized carbons (Fsp3) is 0.357. The summed E-state index contributed by atoms with van der Waals surface area (Å²) in [5, 5.41) is 12.9. The van der Waals surface area contributed by atoms with Crippen LogP contribution < -0.4 is 4.90 Å². The summed E-state index contributed by atoms with van der Waals surface area (Å²) in [4.78, 5) is 5.53. The molecule has 0 N–H and O–H groups in total. The van der Waals surface area contributed by atoms with Crippen molar-refractivity contribution in [1.29, 1.82) is 5.26 Å². The Hall–Kier alpha value is -2.04. The van der Waals surface area contributed by atoms with Gasteiger partial charge in [-0.1, -0.05) is 10.6 Å². The number of nitrogens with zero attached hydrogens (tertiary/aromatic N) is 5. The van der Waals surface area contributed by atoms with Crippen LogP contribution in [0.5, 0.6) is 0 Å². The van der Waals surface area contributed by atoms with Gasteiger partial charge in [0.05, 0.1) is 16.8 Å². The Morgan fingerprint density at radius 2 is 2.10 bits per heavy atom. The van der Waals surface area contributed by atoms with E-state index in [0.717, 1.165) is 37.6 Å². The molecule has 1 aliphatic heterocycles. The van der Waals surface area contributed by atoms with Gasteiger partial charge >= 0.3 is 0 Å². The Labute approximate surface area is 126 Å². The number of nitriles is 1. The molecular formula is C14H14FN5S. The van der Waals surface area contributed by atoms with Crippen molar-refractivity contribution in [2.75, 3.05) is 31.1 Å². The summed E-state index contributed by atoms with van der Waals surface area (Å²) in [6, 6.07) is 6.76. The molecular weight excluding hydrogens is 289 g/mol. The Morgan fingerprint density at radius 1 is 1.29 bits per heavy atom. The van der Waals surface area contributed by atoms with Gasteiger partial charge in [-0.3, -0.25) is 4.90 Å². The van der Waals surface area contributed by atoms with Crippen LogP contribution in [0.3, 0.4) is 0 Å². The Balaban J connectivity index is 1.66. The molecule has 0 bridgehead atoms. The van der Waals surface area contributed by atoms with Crippen LogP contribution >= 0.6 is 11.5 Å². The summed E-state index contributed by atoms with van der Waals surface area (Å²) < 4.78 is 17.5. The van der Waals surface area contributed by atoms with E-state index in [0.29, 0.717) is 5.69 Å². The van der Waals surface area contributed by atoms with E-state index in [2.05, 4.69) is 19.4 Å². The monoisotopic (exact) mass is 303 g/mol. The van der Waals surface area contributed by atoms with Gasteiger partial charge in [0.2, 0.25) is 0 Å². The second kappa shape index (κ2) is 6.16. The highest BCUT2D eigenvalue weighted by molar-refractivity contribution is 7.05. The first-order chi connectivity index (χ1) is 10.3. The minimum atomic E-state index is -0.451. The highest BCUT2D eigenvalue weighted by Gasteiger charge is 2.21. The van der Waals surface area contributed by atoms with Gasteiger partial charge in [-0.15, -0.1) is 5.10 Å². The molecule has 0 unspecified atom stereocenters. The Bertz CT molecular complexity index is 644. The van der Waals surface area contributed by atoms with Crippen LogP contribution in [0.25, 0.3) is 0 Å². The van der Waals surface area contributed by atoms with E-state index >= 15 is 0 Å². The molecule has 1 fully saturated rings. The fourth-order valence-corrected chi connectivity index (χ4v) is 3.05. The van der Waals surface area contributed by atoms with Gasteiger partial charge < -0.3 is 4.90 Å². The second-order valence-electron chi connectivity index (χ2n) is 4.89. The number of aromatic nitrogens is 2. The standard InChI is InChI=1S/C14H14FN5S/c15-13-2-1-3-14(12(13)8-16)20-6-4-19(5-7-20)10-11-9-17-18-21-11/h1-3,9H,4-7,10H2. The molecule has 2 heterocycles. The van der Waals surface area contributed by atoms with Gasteiger partial charge in [0, 0.05) is 32.7 Å². The Morgan fingerprint density at radius 3 is 2.76 bits per heavy atom. The van der Waals surface area contributed by atoms with Crippen LogP contribution in [0.2, 0.25) is 0 Å². The third-order valence-corrected chi connectivity index (χ3v) is 4.25. The van der Waals surface area contributed by atoms with Crippen LogP contribution in [0.15, 0.2) is 24.4 Å². The number of piperazine rings is 1. The predicted octanol–water partition coefficient (Wildman–Crippen LogP) is 1.87. The topological polar surface area (TPSA) is 56.1 Å². The molecule has 0 radical (unpaired) electrons. The summed E-state index contributed by atoms with van der Waals surface area (Å²) in [5.41, 5.74) is 0.828. The van der Waals surface area contributed by atoms with Crippen molar-refractivity contribution in [3.05, 3.63) is 40.7 Å². The highest BCUT2D eigenvalue weighted by Crippen LogP contribution is 2.24. The molecule has 0 spiro atoms. The van der Waals surface area contributed by atoms with Crippen molar-refractivity contribution in [3.63, 3.8) is 0 Å². The third-order valence-electron chi connectivity index (χ3n) is 3.60. The average Bonchev–Trinajstić information content (AvgIpc) is 3.01. The van der Waals surface area contributed by atoms with Gasteiger partial charge in [-0.25, -0.2) is 4.39 Å². The van der Waals surface area contributed by atoms with Crippen LogP contribution in [0.4, 0.5) is 10.1 Å². The molecule has 1 aromatic carbocycles. The molecule has 21 heavy (non-hydrogen) atoms. The number of halogens is 1. The summed E-state index contributed by atoms with van der Waals surface area (Å²) in [6.45, 7) is 4.16. The minimum Gasteiger partial charge on any atom is -0.368 e. The predicted molar refractivity (Wildman–Crippen MR) is 78.5 cm³/mol. The average molecular weight is 303 g/mol. The molecule has 1 saturated heterocycles. The molecule has 108 valence electrons. The summed E-state index contributed by atoms with van der Waals surface area (Å²) in [7, 11) is 0. The largest absolute Gasteiger partial charge is 0.368 e. The van der Waals surface area contributed by atoms with Crippen molar-refractivity contribution in [1.82, 2.24) is 14.5 Å².